The Hall–Kier alpha value is -2.23. The van der Waals surface area contributed by atoms with Gasteiger partial charge in [0.1, 0.15) is 18.2 Å². The van der Waals surface area contributed by atoms with E-state index in [0.29, 0.717) is 11.3 Å². The molecule has 0 aromatic heterocycles. The first-order valence-corrected chi connectivity index (χ1v) is 5.05. The van der Waals surface area contributed by atoms with Gasteiger partial charge >= 0.3 is 0 Å². The van der Waals surface area contributed by atoms with Gasteiger partial charge in [-0.05, 0) is 24.3 Å². The molecule has 0 spiro atoms. The fourth-order valence-electron chi connectivity index (χ4n) is 1.39. The second-order valence-electron chi connectivity index (χ2n) is 3.53. The van der Waals surface area contributed by atoms with Crippen molar-refractivity contribution in [1.29, 1.82) is 0 Å². The molecule has 2 aromatic rings. The number of phenols is 2. The van der Waals surface area contributed by atoms with Gasteiger partial charge in [0, 0.05) is 11.6 Å². The summed E-state index contributed by atoms with van der Waals surface area (Å²) in [7, 11) is 0. The summed E-state index contributed by atoms with van der Waals surface area (Å²) in [6.07, 6.45) is 0. The van der Waals surface area contributed by atoms with Crippen LogP contribution >= 0.6 is 0 Å². The fraction of sp³-hybridized carbons (Fsp3) is 0.0769. The molecule has 88 valence electrons. The van der Waals surface area contributed by atoms with Crippen LogP contribution in [0.2, 0.25) is 0 Å². The van der Waals surface area contributed by atoms with Crippen molar-refractivity contribution in [3.05, 3.63) is 53.8 Å². The van der Waals surface area contributed by atoms with Crippen molar-refractivity contribution in [2.24, 2.45) is 0 Å². The Labute approximate surface area is 97.7 Å². The average molecular weight is 234 g/mol. The molecule has 0 aliphatic heterocycles. The second-order valence-corrected chi connectivity index (χ2v) is 3.53. The van der Waals surface area contributed by atoms with Gasteiger partial charge < -0.3 is 14.9 Å². The topological polar surface area (TPSA) is 49.7 Å². The first kappa shape index (κ1) is 11.3. The van der Waals surface area contributed by atoms with E-state index in [0.717, 1.165) is 6.07 Å². The molecule has 0 bridgehead atoms. The first-order valence-electron chi connectivity index (χ1n) is 5.05. The molecule has 0 unspecified atom stereocenters. The van der Waals surface area contributed by atoms with Crippen LogP contribution in [0.4, 0.5) is 4.39 Å². The van der Waals surface area contributed by atoms with E-state index in [9.17, 15) is 14.6 Å². The highest BCUT2D eigenvalue weighted by Crippen LogP contribution is 2.27. The summed E-state index contributed by atoms with van der Waals surface area (Å²) in [4.78, 5) is 0. The van der Waals surface area contributed by atoms with E-state index in [1.54, 1.807) is 18.2 Å². The standard InChI is InChI=1S/C13H11FO3/c14-10-6-5-9(12(16)7-10)8-17-13-4-2-1-3-11(13)15/h1-7,15-16H,8H2. The maximum atomic E-state index is 12.7. The number of phenolic OH excluding ortho intramolecular Hbond substituents is 2. The van der Waals surface area contributed by atoms with Crippen LogP contribution in [0.5, 0.6) is 17.2 Å². The SMILES string of the molecule is Oc1cc(F)ccc1COc1ccccc1O. The van der Waals surface area contributed by atoms with E-state index in [-0.39, 0.29) is 18.1 Å². The number of rotatable bonds is 3. The summed E-state index contributed by atoms with van der Waals surface area (Å²) in [5, 5.41) is 18.9. The van der Waals surface area contributed by atoms with Crippen molar-refractivity contribution in [1.82, 2.24) is 0 Å². The van der Waals surface area contributed by atoms with Crippen LogP contribution in [-0.2, 0) is 6.61 Å². The number of ether oxygens (including phenoxy) is 1. The third-order valence-electron chi connectivity index (χ3n) is 2.30. The van der Waals surface area contributed by atoms with Gasteiger partial charge in [0.25, 0.3) is 0 Å². The van der Waals surface area contributed by atoms with Crippen molar-refractivity contribution >= 4 is 0 Å². The van der Waals surface area contributed by atoms with E-state index in [1.165, 1.54) is 18.2 Å². The molecule has 0 radical (unpaired) electrons. The van der Waals surface area contributed by atoms with Gasteiger partial charge in [-0.3, -0.25) is 0 Å². The predicted molar refractivity (Wildman–Crippen MR) is 60.5 cm³/mol. The third kappa shape index (κ3) is 2.66. The number of benzene rings is 2. The van der Waals surface area contributed by atoms with Gasteiger partial charge in [-0.2, -0.15) is 0 Å². The van der Waals surface area contributed by atoms with Crippen molar-refractivity contribution in [3.8, 4) is 17.2 Å². The first-order chi connectivity index (χ1) is 8.16. The lowest BCUT2D eigenvalue weighted by Crippen LogP contribution is -1.96. The lowest BCUT2D eigenvalue weighted by molar-refractivity contribution is 0.283. The van der Waals surface area contributed by atoms with Gasteiger partial charge in [0.2, 0.25) is 0 Å². The van der Waals surface area contributed by atoms with E-state index in [1.807, 2.05) is 0 Å². The minimum atomic E-state index is -0.506. The van der Waals surface area contributed by atoms with Crippen LogP contribution in [-0.4, -0.2) is 10.2 Å². The highest BCUT2D eigenvalue weighted by atomic mass is 19.1. The van der Waals surface area contributed by atoms with Gasteiger partial charge in [-0.25, -0.2) is 4.39 Å². The fourth-order valence-corrected chi connectivity index (χ4v) is 1.39. The highest BCUT2D eigenvalue weighted by Gasteiger charge is 2.05. The van der Waals surface area contributed by atoms with Crippen LogP contribution in [0.15, 0.2) is 42.5 Å². The zero-order valence-corrected chi connectivity index (χ0v) is 8.93. The Morgan fingerprint density at radius 2 is 1.76 bits per heavy atom. The lowest BCUT2D eigenvalue weighted by atomic mass is 10.2. The molecule has 4 heteroatoms. The van der Waals surface area contributed by atoms with Gasteiger partial charge in [-0.1, -0.05) is 12.1 Å². The Balaban J connectivity index is 2.10. The summed E-state index contributed by atoms with van der Waals surface area (Å²) in [6.45, 7) is 0.0592. The molecule has 0 aliphatic carbocycles. The Morgan fingerprint density at radius 1 is 1.00 bits per heavy atom. The second kappa shape index (κ2) is 4.74. The normalized spacial score (nSPS) is 10.2. The maximum absolute atomic E-state index is 12.7. The maximum Gasteiger partial charge on any atom is 0.161 e. The molecule has 0 saturated heterocycles. The Morgan fingerprint density at radius 3 is 2.47 bits per heavy atom. The molecule has 2 N–H and O–H groups in total. The molecule has 2 aromatic carbocycles. The van der Waals surface area contributed by atoms with Gasteiger partial charge in [0.15, 0.2) is 11.5 Å². The van der Waals surface area contributed by atoms with E-state index >= 15 is 0 Å². The van der Waals surface area contributed by atoms with Crippen LogP contribution in [0.1, 0.15) is 5.56 Å². The number of halogens is 1. The molecular formula is C13H11FO3. The van der Waals surface area contributed by atoms with Crippen LogP contribution < -0.4 is 4.74 Å². The summed E-state index contributed by atoms with van der Waals surface area (Å²) < 4.78 is 18.0. The quantitative estimate of drug-likeness (QED) is 0.858. The highest BCUT2D eigenvalue weighted by molar-refractivity contribution is 5.39. The molecule has 0 aliphatic rings. The zero-order chi connectivity index (χ0) is 12.3. The van der Waals surface area contributed by atoms with Crippen molar-refractivity contribution in [2.75, 3.05) is 0 Å². The Bertz CT molecular complexity index is 526. The van der Waals surface area contributed by atoms with Crippen LogP contribution in [0.25, 0.3) is 0 Å². The largest absolute Gasteiger partial charge is 0.507 e. The zero-order valence-electron chi connectivity index (χ0n) is 8.93. The summed E-state index contributed by atoms with van der Waals surface area (Å²) >= 11 is 0. The molecule has 0 fully saturated rings. The molecular weight excluding hydrogens is 223 g/mol. The van der Waals surface area contributed by atoms with Crippen molar-refractivity contribution in [2.45, 2.75) is 6.61 Å². The number of aromatic hydroxyl groups is 2. The molecule has 0 saturated carbocycles. The minimum absolute atomic E-state index is 0.0223. The molecule has 0 heterocycles. The molecule has 0 atom stereocenters. The number of para-hydroxylation sites is 2. The summed E-state index contributed by atoms with van der Waals surface area (Å²) in [5.41, 5.74) is 0.453. The van der Waals surface area contributed by atoms with Crippen molar-refractivity contribution < 1.29 is 19.3 Å². The molecule has 2 rings (SSSR count). The Kier molecular flexibility index (Phi) is 3.14. The smallest absolute Gasteiger partial charge is 0.161 e. The third-order valence-corrected chi connectivity index (χ3v) is 2.30. The summed E-state index contributed by atoms with van der Waals surface area (Å²) in [6, 6.07) is 10.2. The molecule has 17 heavy (non-hydrogen) atoms. The minimum Gasteiger partial charge on any atom is -0.507 e. The van der Waals surface area contributed by atoms with E-state index in [4.69, 9.17) is 4.74 Å². The molecule has 3 nitrogen and oxygen atoms in total. The van der Waals surface area contributed by atoms with Crippen LogP contribution in [0.3, 0.4) is 0 Å². The van der Waals surface area contributed by atoms with Crippen molar-refractivity contribution in [3.63, 3.8) is 0 Å². The molecule has 0 amide bonds. The lowest BCUT2D eigenvalue weighted by Gasteiger charge is -2.08. The van der Waals surface area contributed by atoms with E-state index in [2.05, 4.69) is 0 Å². The monoisotopic (exact) mass is 234 g/mol. The predicted octanol–water partition coefficient (Wildman–Crippen LogP) is 2.82. The number of hydrogen-bond donors (Lipinski definition) is 2. The van der Waals surface area contributed by atoms with Gasteiger partial charge in [0.05, 0.1) is 0 Å². The van der Waals surface area contributed by atoms with Crippen LogP contribution in [0, 0.1) is 5.82 Å². The van der Waals surface area contributed by atoms with Gasteiger partial charge in [-0.15, -0.1) is 0 Å². The van der Waals surface area contributed by atoms with E-state index < -0.39 is 5.82 Å². The average Bonchev–Trinajstić information content (AvgIpc) is 2.30. The summed E-state index contributed by atoms with van der Waals surface area (Å²) in [5.74, 6) is -0.334. The number of hydrogen-bond acceptors (Lipinski definition) is 3.